The van der Waals surface area contributed by atoms with Crippen LogP contribution in [0.3, 0.4) is 0 Å². The molecule has 2 amide bonds. The van der Waals surface area contributed by atoms with E-state index in [2.05, 4.69) is 0 Å². The molecular weight excluding hydrogens is 296 g/mol. The van der Waals surface area contributed by atoms with Crippen LogP contribution in [0.25, 0.3) is 0 Å². The van der Waals surface area contributed by atoms with Gasteiger partial charge in [0.05, 0.1) is 11.5 Å². The Morgan fingerprint density at radius 2 is 2.04 bits per heavy atom. The van der Waals surface area contributed by atoms with Crippen LogP contribution < -0.4 is 5.73 Å². The summed E-state index contributed by atoms with van der Waals surface area (Å²) in [6.45, 7) is 4.29. The highest BCUT2D eigenvalue weighted by Crippen LogP contribution is 2.17. The first-order chi connectivity index (χ1) is 10.9. The highest BCUT2D eigenvalue weighted by molar-refractivity contribution is 5.93. The van der Waals surface area contributed by atoms with Gasteiger partial charge in [-0.15, -0.1) is 0 Å². The fraction of sp³-hybridized carbons (Fsp3) is 0.471. The van der Waals surface area contributed by atoms with Crippen LogP contribution in [-0.4, -0.2) is 42.4 Å². The second-order valence-electron chi connectivity index (χ2n) is 5.90. The van der Waals surface area contributed by atoms with Gasteiger partial charge in [-0.05, 0) is 43.9 Å². The van der Waals surface area contributed by atoms with Crippen molar-refractivity contribution >= 4 is 17.8 Å². The monoisotopic (exact) mass is 318 g/mol. The highest BCUT2D eigenvalue weighted by atomic mass is 16.5. The standard InChI is InChI=1S/C17H22N2O4/c1-11-5-3-7-14(12(11)2)17(22)23-10-15(20)19-8-4-6-13(9-19)16(18)21/h3,5,7,13H,4,6,8-10H2,1-2H3,(H2,18,21)/t13-/m0/s1. The van der Waals surface area contributed by atoms with E-state index in [9.17, 15) is 14.4 Å². The Kier molecular flexibility index (Phi) is 5.36. The Labute approximate surface area is 135 Å². The summed E-state index contributed by atoms with van der Waals surface area (Å²) in [5.41, 5.74) is 7.60. The van der Waals surface area contributed by atoms with Crippen molar-refractivity contribution in [1.82, 2.24) is 4.90 Å². The van der Waals surface area contributed by atoms with E-state index in [0.717, 1.165) is 17.5 Å². The number of carbonyl (C=O) groups is 3. The fourth-order valence-corrected chi connectivity index (χ4v) is 2.70. The van der Waals surface area contributed by atoms with E-state index in [0.29, 0.717) is 25.1 Å². The Hall–Kier alpha value is -2.37. The minimum absolute atomic E-state index is 0.297. The number of likely N-dealkylation sites (tertiary alicyclic amines) is 1. The van der Waals surface area contributed by atoms with Gasteiger partial charge in [0.15, 0.2) is 6.61 Å². The quantitative estimate of drug-likeness (QED) is 0.844. The molecule has 1 aliphatic heterocycles. The first-order valence-corrected chi connectivity index (χ1v) is 7.70. The van der Waals surface area contributed by atoms with E-state index in [1.54, 1.807) is 12.1 Å². The van der Waals surface area contributed by atoms with E-state index in [4.69, 9.17) is 10.5 Å². The van der Waals surface area contributed by atoms with Gasteiger partial charge in [0.25, 0.3) is 5.91 Å². The third kappa shape index (κ3) is 4.09. The zero-order chi connectivity index (χ0) is 17.0. The van der Waals surface area contributed by atoms with E-state index < -0.39 is 11.9 Å². The SMILES string of the molecule is Cc1cccc(C(=O)OCC(=O)N2CCC[C@H](C(N)=O)C2)c1C. The van der Waals surface area contributed by atoms with Crippen LogP contribution in [0.5, 0.6) is 0 Å². The van der Waals surface area contributed by atoms with Crippen LogP contribution in [0.1, 0.15) is 34.3 Å². The molecule has 23 heavy (non-hydrogen) atoms. The molecule has 6 heteroatoms. The first kappa shape index (κ1) is 17.0. The molecule has 1 aromatic rings. The third-order valence-corrected chi connectivity index (χ3v) is 4.33. The maximum absolute atomic E-state index is 12.2. The van der Waals surface area contributed by atoms with Crippen molar-refractivity contribution < 1.29 is 19.1 Å². The zero-order valence-corrected chi connectivity index (χ0v) is 13.5. The number of carbonyl (C=O) groups excluding carboxylic acids is 3. The summed E-state index contributed by atoms with van der Waals surface area (Å²) < 4.78 is 5.13. The molecule has 6 nitrogen and oxygen atoms in total. The lowest BCUT2D eigenvalue weighted by atomic mass is 9.97. The molecule has 124 valence electrons. The largest absolute Gasteiger partial charge is 0.452 e. The van der Waals surface area contributed by atoms with E-state index >= 15 is 0 Å². The van der Waals surface area contributed by atoms with Crippen LogP contribution >= 0.6 is 0 Å². The number of aryl methyl sites for hydroxylation is 1. The molecule has 1 atom stereocenters. The number of hydrogen-bond donors (Lipinski definition) is 1. The molecule has 1 saturated heterocycles. The molecule has 0 bridgehead atoms. The number of ether oxygens (including phenoxy) is 1. The summed E-state index contributed by atoms with van der Waals surface area (Å²) >= 11 is 0. The van der Waals surface area contributed by atoms with Gasteiger partial charge >= 0.3 is 5.97 Å². The van der Waals surface area contributed by atoms with Gasteiger partial charge in [-0.2, -0.15) is 0 Å². The van der Waals surface area contributed by atoms with Crippen molar-refractivity contribution in [3.8, 4) is 0 Å². The zero-order valence-electron chi connectivity index (χ0n) is 13.5. The van der Waals surface area contributed by atoms with Crippen molar-refractivity contribution in [3.05, 3.63) is 34.9 Å². The summed E-state index contributed by atoms with van der Waals surface area (Å²) in [5, 5.41) is 0. The summed E-state index contributed by atoms with van der Waals surface area (Å²) in [4.78, 5) is 37.0. The number of hydrogen-bond acceptors (Lipinski definition) is 4. The lowest BCUT2D eigenvalue weighted by Gasteiger charge is -2.31. The van der Waals surface area contributed by atoms with E-state index in [1.165, 1.54) is 4.90 Å². The molecule has 0 aromatic heterocycles. The molecular formula is C17H22N2O4. The van der Waals surface area contributed by atoms with Crippen molar-refractivity contribution in [1.29, 1.82) is 0 Å². The van der Waals surface area contributed by atoms with Crippen molar-refractivity contribution in [2.75, 3.05) is 19.7 Å². The summed E-state index contributed by atoms with van der Waals surface area (Å²) in [6.07, 6.45) is 1.42. The molecule has 1 aromatic carbocycles. The maximum Gasteiger partial charge on any atom is 0.338 e. The van der Waals surface area contributed by atoms with Gasteiger partial charge in [0.1, 0.15) is 0 Å². The summed E-state index contributed by atoms with van der Waals surface area (Å²) in [7, 11) is 0. The molecule has 0 radical (unpaired) electrons. The molecule has 0 spiro atoms. The minimum atomic E-state index is -0.511. The number of rotatable bonds is 4. The second-order valence-corrected chi connectivity index (χ2v) is 5.90. The van der Waals surface area contributed by atoms with E-state index in [-0.39, 0.29) is 18.4 Å². The highest BCUT2D eigenvalue weighted by Gasteiger charge is 2.27. The average Bonchev–Trinajstić information content (AvgIpc) is 2.55. The minimum Gasteiger partial charge on any atom is -0.452 e. The van der Waals surface area contributed by atoms with Crippen LogP contribution in [0.15, 0.2) is 18.2 Å². The molecule has 1 heterocycles. The lowest BCUT2D eigenvalue weighted by molar-refractivity contribution is -0.137. The number of nitrogens with zero attached hydrogens (tertiary/aromatic N) is 1. The van der Waals surface area contributed by atoms with Gasteiger partial charge in [-0.25, -0.2) is 4.79 Å². The summed E-state index contributed by atoms with van der Waals surface area (Å²) in [6, 6.07) is 5.37. The number of piperidine rings is 1. The lowest BCUT2D eigenvalue weighted by Crippen LogP contribution is -2.45. The van der Waals surface area contributed by atoms with Crippen molar-refractivity contribution in [3.63, 3.8) is 0 Å². The normalized spacial score (nSPS) is 17.7. The fourth-order valence-electron chi connectivity index (χ4n) is 2.70. The molecule has 1 aliphatic rings. The number of esters is 1. The van der Waals surface area contributed by atoms with Crippen LogP contribution in [0.2, 0.25) is 0 Å². The predicted octanol–water partition coefficient (Wildman–Crippen LogP) is 1.18. The first-order valence-electron chi connectivity index (χ1n) is 7.70. The van der Waals surface area contributed by atoms with Crippen LogP contribution in [0, 0.1) is 19.8 Å². The Morgan fingerprint density at radius 3 is 2.74 bits per heavy atom. The molecule has 0 unspecified atom stereocenters. The van der Waals surface area contributed by atoms with Gasteiger partial charge in [-0.1, -0.05) is 12.1 Å². The van der Waals surface area contributed by atoms with E-state index in [1.807, 2.05) is 19.9 Å². The average molecular weight is 318 g/mol. The Balaban J connectivity index is 1.92. The maximum atomic E-state index is 12.2. The van der Waals surface area contributed by atoms with Gasteiger partial charge in [0, 0.05) is 13.1 Å². The molecule has 1 fully saturated rings. The van der Waals surface area contributed by atoms with Crippen molar-refractivity contribution in [2.45, 2.75) is 26.7 Å². The molecule has 2 N–H and O–H groups in total. The topological polar surface area (TPSA) is 89.7 Å². The Morgan fingerprint density at radius 1 is 1.30 bits per heavy atom. The predicted molar refractivity (Wildman–Crippen MR) is 84.7 cm³/mol. The number of primary amides is 1. The van der Waals surface area contributed by atoms with Crippen LogP contribution in [0.4, 0.5) is 0 Å². The van der Waals surface area contributed by atoms with Crippen molar-refractivity contribution in [2.24, 2.45) is 11.7 Å². The van der Waals surface area contributed by atoms with Gasteiger partial charge in [-0.3, -0.25) is 9.59 Å². The molecule has 0 aliphatic carbocycles. The molecule has 2 rings (SSSR count). The Bertz CT molecular complexity index is 627. The second kappa shape index (κ2) is 7.26. The smallest absolute Gasteiger partial charge is 0.338 e. The number of amides is 2. The summed E-state index contributed by atoms with van der Waals surface area (Å²) in [5.74, 6) is -1.52. The third-order valence-electron chi connectivity index (χ3n) is 4.33. The molecule has 0 saturated carbocycles. The van der Waals surface area contributed by atoms with Gasteiger partial charge in [0.2, 0.25) is 5.91 Å². The van der Waals surface area contributed by atoms with Crippen LogP contribution in [-0.2, 0) is 14.3 Å². The van der Waals surface area contributed by atoms with Gasteiger partial charge < -0.3 is 15.4 Å². The number of benzene rings is 1. The number of nitrogens with two attached hydrogens (primary N) is 1.